The van der Waals surface area contributed by atoms with E-state index in [1.54, 1.807) is 6.92 Å². The van der Waals surface area contributed by atoms with E-state index in [9.17, 15) is 18.4 Å². The normalized spacial score (nSPS) is 22.3. The molecule has 29 heavy (non-hydrogen) atoms. The molecule has 3 rings (SSSR count). The summed E-state index contributed by atoms with van der Waals surface area (Å²) in [6, 6.07) is 3.23. The number of piperidine rings is 1. The van der Waals surface area contributed by atoms with Gasteiger partial charge in [0.1, 0.15) is 0 Å². The molecule has 0 saturated carbocycles. The third-order valence-corrected chi connectivity index (χ3v) is 6.00. The van der Waals surface area contributed by atoms with Crippen LogP contribution in [-0.4, -0.2) is 77.9 Å². The molecule has 1 aromatic rings. The predicted octanol–water partition coefficient (Wildman–Crippen LogP) is 2.31. The molecule has 2 fully saturated rings. The summed E-state index contributed by atoms with van der Waals surface area (Å²) in [4.78, 5) is 31.2. The fourth-order valence-corrected chi connectivity index (χ4v) is 4.05. The Balaban J connectivity index is 1.46. The van der Waals surface area contributed by atoms with Gasteiger partial charge in [0.25, 0.3) is 0 Å². The number of carbonyl (C=O) groups is 2. The van der Waals surface area contributed by atoms with Crippen LogP contribution in [0.5, 0.6) is 0 Å². The second-order valence-electron chi connectivity index (χ2n) is 8.04. The van der Waals surface area contributed by atoms with Crippen LogP contribution >= 0.6 is 0 Å². The Morgan fingerprint density at radius 3 is 2.48 bits per heavy atom. The SMILES string of the molecule is CC(C(=O)Nc1ccc(F)c(F)c1)N1CCN(CC(=O)N2CCCCC2C)CC1. The molecule has 6 nitrogen and oxygen atoms in total. The molecule has 0 radical (unpaired) electrons. The summed E-state index contributed by atoms with van der Waals surface area (Å²) in [7, 11) is 0. The quantitative estimate of drug-likeness (QED) is 0.813. The van der Waals surface area contributed by atoms with Crippen LogP contribution in [0, 0.1) is 11.6 Å². The number of rotatable bonds is 5. The van der Waals surface area contributed by atoms with E-state index in [-0.39, 0.29) is 17.5 Å². The zero-order valence-corrected chi connectivity index (χ0v) is 17.2. The molecule has 2 heterocycles. The maximum Gasteiger partial charge on any atom is 0.241 e. The van der Waals surface area contributed by atoms with Crippen molar-refractivity contribution in [1.82, 2.24) is 14.7 Å². The van der Waals surface area contributed by atoms with Crippen molar-refractivity contribution in [1.29, 1.82) is 0 Å². The number of hydrogen-bond acceptors (Lipinski definition) is 4. The van der Waals surface area contributed by atoms with Gasteiger partial charge in [0.05, 0.1) is 12.6 Å². The standard InChI is InChI=1S/C21H30F2N4O2/c1-15-5-3-4-8-27(15)20(28)14-25-9-11-26(12-10-25)16(2)21(29)24-17-6-7-18(22)19(23)13-17/h6-7,13,15-16H,3-5,8-12,14H2,1-2H3,(H,24,29). The van der Waals surface area contributed by atoms with Crippen molar-refractivity contribution in [3.8, 4) is 0 Å². The van der Waals surface area contributed by atoms with Gasteiger partial charge in [-0.15, -0.1) is 0 Å². The number of carbonyl (C=O) groups excluding carboxylic acids is 2. The Morgan fingerprint density at radius 2 is 1.83 bits per heavy atom. The van der Waals surface area contributed by atoms with E-state index in [1.165, 1.54) is 12.5 Å². The highest BCUT2D eigenvalue weighted by Gasteiger charge is 2.29. The molecule has 0 aliphatic carbocycles. The third kappa shape index (κ3) is 5.51. The molecule has 1 N–H and O–H groups in total. The summed E-state index contributed by atoms with van der Waals surface area (Å²) in [5, 5.41) is 2.64. The van der Waals surface area contributed by atoms with Crippen LogP contribution in [0.15, 0.2) is 18.2 Å². The van der Waals surface area contributed by atoms with Crippen LogP contribution in [0.2, 0.25) is 0 Å². The van der Waals surface area contributed by atoms with Crippen molar-refractivity contribution >= 4 is 17.5 Å². The van der Waals surface area contributed by atoms with Crippen molar-refractivity contribution in [2.24, 2.45) is 0 Å². The summed E-state index contributed by atoms with van der Waals surface area (Å²) in [5.41, 5.74) is 0.237. The second-order valence-corrected chi connectivity index (χ2v) is 8.04. The first-order chi connectivity index (χ1) is 13.8. The molecule has 0 bridgehead atoms. The number of likely N-dealkylation sites (tertiary alicyclic amines) is 1. The van der Waals surface area contributed by atoms with E-state index < -0.39 is 17.7 Å². The number of nitrogens with zero attached hydrogens (tertiary/aromatic N) is 3. The molecular formula is C21H30F2N4O2. The summed E-state index contributed by atoms with van der Waals surface area (Å²) >= 11 is 0. The highest BCUT2D eigenvalue weighted by atomic mass is 19.2. The number of anilines is 1. The molecule has 2 atom stereocenters. The van der Waals surface area contributed by atoms with E-state index in [0.29, 0.717) is 25.7 Å². The van der Waals surface area contributed by atoms with Crippen LogP contribution < -0.4 is 5.32 Å². The van der Waals surface area contributed by atoms with Gasteiger partial charge in [-0.3, -0.25) is 19.4 Å². The molecule has 1 aromatic carbocycles. The predicted molar refractivity (Wildman–Crippen MR) is 107 cm³/mol. The first kappa shape index (κ1) is 21.6. The second kappa shape index (κ2) is 9.63. The molecule has 2 unspecified atom stereocenters. The molecular weight excluding hydrogens is 378 g/mol. The van der Waals surface area contributed by atoms with Crippen molar-refractivity contribution in [3.05, 3.63) is 29.8 Å². The fourth-order valence-electron chi connectivity index (χ4n) is 4.05. The summed E-state index contributed by atoms with van der Waals surface area (Å²) in [6.45, 7) is 7.97. The zero-order valence-electron chi connectivity index (χ0n) is 17.2. The first-order valence-electron chi connectivity index (χ1n) is 10.4. The molecule has 2 saturated heterocycles. The number of benzene rings is 1. The minimum absolute atomic E-state index is 0.190. The molecule has 2 aliphatic rings. The van der Waals surface area contributed by atoms with Gasteiger partial charge in [-0.25, -0.2) is 8.78 Å². The van der Waals surface area contributed by atoms with E-state index >= 15 is 0 Å². The molecule has 160 valence electrons. The maximum atomic E-state index is 13.3. The van der Waals surface area contributed by atoms with E-state index in [4.69, 9.17) is 0 Å². The summed E-state index contributed by atoms with van der Waals surface area (Å²) in [6.07, 6.45) is 3.34. The van der Waals surface area contributed by atoms with Gasteiger partial charge in [0.2, 0.25) is 11.8 Å². The Kier molecular flexibility index (Phi) is 7.18. The van der Waals surface area contributed by atoms with Crippen LogP contribution in [0.1, 0.15) is 33.1 Å². The Bertz CT molecular complexity index is 737. The van der Waals surface area contributed by atoms with Crippen molar-refractivity contribution in [2.45, 2.75) is 45.2 Å². The zero-order chi connectivity index (χ0) is 21.0. The van der Waals surface area contributed by atoms with Crippen LogP contribution in [-0.2, 0) is 9.59 Å². The average Bonchev–Trinajstić information content (AvgIpc) is 2.71. The van der Waals surface area contributed by atoms with E-state index in [2.05, 4.69) is 17.1 Å². The van der Waals surface area contributed by atoms with E-state index in [0.717, 1.165) is 44.6 Å². The summed E-state index contributed by atoms with van der Waals surface area (Å²) < 4.78 is 26.3. The lowest BCUT2D eigenvalue weighted by Gasteiger charge is -2.39. The number of piperazine rings is 1. The van der Waals surface area contributed by atoms with Crippen molar-refractivity contribution in [2.75, 3.05) is 44.6 Å². The maximum absolute atomic E-state index is 13.3. The Morgan fingerprint density at radius 1 is 1.10 bits per heavy atom. The highest BCUT2D eigenvalue weighted by Crippen LogP contribution is 2.18. The molecule has 8 heteroatoms. The number of halogens is 2. The van der Waals surface area contributed by atoms with Crippen LogP contribution in [0.25, 0.3) is 0 Å². The van der Waals surface area contributed by atoms with Crippen LogP contribution in [0.3, 0.4) is 0 Å². The minimum Gasteiger partial charge on any atom is -0.339 e. The van der Waals surface area contributed by atoms with E-state index in [1.807, 2.05) is 9.80 Å². The molecule has 0 aromatic heterocycles. The average molecular weight is 408 g/mol. The van der Waals surface area contributed by atoms with Crippen molar-refractivity contribution in [3.63, 3.8) is 0 Å². The topological polar surface area (TPSA) is 55.9 Å². The highest BCUT2D eigenvalue weighted by molar-refractivity contribution is 5.94. The lowest BCUT2D eigenvalue weighted by atomic mass is 10.0. The Labute approximate surface area is 170 Å². The van der Waals surface area contributed by atoms with Crippen LogP contribution in [0.4, 0.5) is 14.5 Å². The minimum atomic E-state index is -0.989. The molecule has 2 amide bonds. The lowest BCUT2D eigenvalue weighted by Crippen LogP contribution is -2.55. The first-order valence-corrected chi connectivity index (χ1v) is 10.4. The number of amides is 2. The number of hydrogen-bond donors (Lipinski definition) is 1. The largest absolute Gasteiger partial charge is 0.339 e. The van der Waals surface area contributed by atoms with Gasteiger partial charge < -0.3 is 10.2 Å². The monoisotopic (exact) mass is 408 g/mol. The van der Waals surface area contributed by atoms with Gasteiger partial charge in [-0.05, 0) is 45.2 Å². The summed E-state index contributed by atoms with van der Waals surface area (Å²) in [5.74, 6) is -2.00. The number of nitrogens with one attached hydrogen (secondary N) is 1. The van der Waals surface area contributed by atoms with Gasteiger partial charge in [-0.1, -0.05) is 0 Å². The van der Waals surface area contributed by atoms with Gasteiger partial charge in [0.15, 0.2) is 11.6 Å². The Hall–Kier alpha value is -2.06. The van der Waals surface area contributed by atoms with Gasteiger partial charge in [0, 0.05) is 50.5 Å². The lowest BCUT2D eigenvalue weighted by molar-refractivity contribution is -0.136. The molecule has 2 aliphatic heterocycles. The molecule has 0 spiro atoms. The van der Waals surface area contributed by atoms with Gasteiger partial charge >= 0.3 is 0 Å². The van der Waals surface area contributed by atoms with Crippen molar-refractivity contribution < 1.29 is 18.4 Å². The fraction of sp³-hybridized carbons (Fsp3) is 0.619. The smallest absolute Gasteiger partial charge is 0.241 e. The van der Waals surface area contributed by atoms with Gasteiger partial charge in [-0.2, -0.15) is 0 Å². The third-order valence-electron chi connectivity index (χ3n) is 6.00.